The van der Waals surface area contributed by atoms with Gasteiger partial charge in [0.2, 0.25) is 6.71 Å². The summed E-state index contributed by atoms with van der Waals surface area (Å²) in [6, 6.07) is 81.6. The SMILES string of the molecule is CC1(C)c2ccccc2N(c2ccc3c(c2)sc2ccc(B4c5c(-c6ccccc6)cccc5-c5c4c(-c4ccccc4)c4ccccc4c5-c4ccccc4)cc23)c2ccccc21. The largest absolute Gasteiger partial charge is 0.310 e. The molecule has 0 aliphatic carbocycles. The minimum atomic E-state index is -0.103. The van der Waals surface area contributed by atoms with E-state index < -0.39 is 0 Å². The van der Waals surface area contributed by atoms with Crippen LogP contribution >= 0.6 is 11.3 Å². The van der Waals surface area contributed by atoms with Gasteiger partial charge in [0.05, 0.1) is 11.4 Å². The summed E-state index contributed by atoms with van der Waals surface area (Å²) < 4.78 is 2.60. The second-order valence-electron chi connectivity index (χ2n) is 17.9. The van der Waals surface area contributed by atoms with Gasteiger partial charge < -0.3 is 4.90 Å². The van der Waals surface area contributed by atoms with E-state index in [4.69, 9.17) is 0 Å². The molecule has 0 saturated carbocycles. The Hall–Kier alpha value is -7.46. The summed E-state index contributed by atoms with van der Waals surface area (Å²) in [4.78, 5) is 2.47. The highest BCUT2D eigenvalue weighted by Gasteiger charge is 2.41. The van der Waals surface area contributed by atoms with Crippen molar-refractivity contribution < 1.29 is 0 Å². The van der Waals surface area contributed by atoms with Crippen LogP contribution in [0, 0.1) is 0 Å². The number of benzene rings is 10. The van der Waals surface area contributed by atoms with Crippen LogP contribution in [-0.2, 0) is 5.41 Å². The van der Waals surface area contributed by atoms with E-state index in [9.17, 15) is 0 Å². The first-order valence-corrected chi connectivity index (χ1v) is 23.2. The van der Waals surface area contributed by atoms with Gasteiger partial charge >= 0.3 is 0 Å². The van der Waals surface area contributed by atoms with Gasteiger partial charge in [0.15, 0.2) is 0 Å². The highest BCUT2D eigenvalue weighted by Crippen LogP contribution is 2.52. The first-order chi connectivity index (χ1) is 31.5. The maximum Gasteiger partial charge on any atom is 0.244 e. The lowest BCUT2D eigenvalue weighted by Gasteiger charge is -2.42. The molecule has 0 atom stereocenters. The standard InChI is InChI=1S/C61H42BNS/c1-61(2)50-29-14-16-31-52(50)63(53-32-17-15-30-51(53)61)43-34-35-45-49-37-42(33-36-54(49)64-55(45)38-43)62-59-44(39-19-6-3-7-20-39)27-18-28-48(59)58-56(40-21-8-4-9-22-40)46-25-12-13-26-47(46)57(60(58)62)41-23-10-5-11-24-41/h3-38H,1-2H3. The summed E-state index contributed by atoms with van der Waals surface area (Å²) in [6.45, 7) is 4.69. The third-order valence-corrected chi connectivity index (χ3v) is 15.3. The number of anilines is 3. The third-order valence-electron chi connectivity index (χ3n) is 14.1. The van der Waals surface area contributed by atoms with E-state index in [1.807, 2.05) is 11.3 Å². The van der Waals surface area contributed by atoms with Crippen LogP contribution in [0.4, 0.5) is 17.1 Å². The van der Waals surface area contributed by atoms with E-state index >= 15 is 0 Å². The summed E-state index contributed by atoms with van der Waals surface area (Å²) in [5.41, 5.74) is 20.6. The lowest BCUT2D eigenvalue weighted by atomic mass is 9.37. The minimum Gasteiger partial charge on any atom is -0.310 e. The van der Waals surface area contributed by atoms with Crippen molar-refractivity contribution >= 4 is 82.4 Å². The van der Waals surface area contributed by atoms with Crippen molar-refractivity contribution in [1.29, 1.82) is 0 Å². The van der Waals surface area contributed by atoms with Gasteiger partial charge in [0.25, 0.3) is 0 Å². The Labute approximate surface area is 378 Å². The zero-order valence-corrected chi connectivity index (χ0v) is 36.5. The number of hydrogen-bond acceptors (Lipinski definition) is 2. The Bertz CT molecular complexity index is 3600. The minimum absolute atomic E-state index is 0.0213. The first-order valence-electron chi connectivity index (χ1n) is 22.4. The average Bonchev–Trinajstić information content (AvgIpc) is 3.89. The highest BCUT2D eigenvalue weighted by molar-refractivity contribution is 7.26. The summed E-state index contributed by atoms with van der Waals surface area (Å²) >= 11 is 1.90. The van der Waals surface area contributed by atoms with Gasteiger partial charge in [-0.25, -0.2) is 0 Å². The maximum absolute atomic E-state index is 2.53. The van der Waals surface area contributed by atoms with Crippen molar-refractivity contribution in [3.05, 3.63) is 230 Å². The molecular weight excluding hydrogens is 790 g/mol. The zero-order chi connectivity index (χ0) is 42.5. The Kier molecular flexibility index (Phi) is 8.29. The second kappa shape index (κ2) is 14.3. The first kappa shape index (κ1) is 37.1. The molecule has 10 aromatic carbocycles. The molecule has 2 aliphatic heterocycles. The van der Waals surface area contributed by atoms with Crippen LogP contribution in [0.2, 0.25) is 0 Å². The number of nitrogens with zero attached hydrogens (tertiary/aromatic N) is 1. The molecule has 0 amide bonds. The number of thiophene rings is 1. The molecule has 64 heavy (non-hydrogen) atoms. The van der Waals surface area contributed by atoms with Crippen LogP contribution in [0.15, 0.2) is 218 Å². The van der Waals surface area contributed by atoms with Gasteiger partial charge in [-0.15, -0.1) is 11.3 Å². The number of para-hydroxylation sites is 2. The molecule has 0 fully saturated rings. The molecule has 13 rings (SSSR count). The lowest BCUT2D eigenvalue weighted by molar-refractivity contribution is 0.632. The Balaban J connectivity index is 1.07. The molecular formula is C61H42BNS. The van der Waals surface area contributed by atoms with Crippen molar-refractivity contribution in [2.75, 3.05) is 4.90 Å². The van der Waals surface area contributed by atoms with Gasteiger partial charge in [0.1, 0.15) is 0 Å². The Morgan fingerprint density at radius 3 is 1.62 bits per heavy atom. The van der Waals surface area contributed by atoms with E-state index in [0.717, 1.165) is 0 Å². The van der Waals surface area contributed by atoms with Gasteiger partial charge in [-0.1, -0.05) is 218 Å². The van der Waals surface area contributed by atoms with Crippen molar-refractivity contribution in [2.45, 2.75) is 19.3 Å². The summed E-state index contributed by atoms with van der Waals surface area (Å²) in [6.07, 6.45) is 0. The second-order valence-corrected chi connectivity index (χ2v) is 19.0. The van der Waals surface area contributed by atoms with Crippen molar-refractivity contribution in [3.8, 4) is 44.5 Å². The molecule has 1 aromatic heterocycles. The highest BCUT2D eigenvalue weighted by atomic mass is 32.1. The molecule has 3 heterocycles. The Morgan fingerprint density at radius 2 is 0.953 bits per heavy atom. The quantitative estimate of drug-likeness (QED) is 0.156. The normalized spacial score (nSPS) is 13.5. The van der Waals surface area contributed by atoms with E-state index in [0.29, 0.717) is 0 Å². The van der Waals surface area contributed by atoms with E-state index in [2.05, 4.69) is 237 Å². The number of fused-ring (bicyclic) bond motifs is 9. The van der Waals surface area contributed by atoms with Gasteiger partial charge in [-0.05, 0) is 102 Å². The van der Waals surface area contributed by atoms with E-state index in [-0.39, 0.29) is 12.1 Å². The molecule has 0 N–H and O–H groups in total. The average molecular weight is 832 g/mol. The molecule has 11 aromatic rings. The van der Waals surface area contributed by atoms with Crippen molar-refractivity contribution in [2.24, 2.45) is 0 Å². The summed E-state index contributed by atoms with van der Waals surface area (Å²) in [5, 5.41) is 5.16. The molecule has 3 heteroatoms. The molecule has 0 unspecified atom stereocenters. The van der Waals surface area contributed by atoms with E-state index in [1.165, 1.54) is 120 Å². The third kappa shape index (κ3) is 5.44. The molecule has 300 valence electrons. The smallest absolute Gasteiger partial charge is 0.244 e. The molecule has 2 aliphatic rings. The van der Waals surface area contributed by atoms with Crippen LogP contribution in [0.25, 0.3) is 75.5 Å². The predicted molar refractivity (Wildman–Crippen MR) is 276 cm³/mol. The summed E-state index contributed by atoms with van der Waals surface area (Å²) in [5.74, 6) is 0. The molecule has 0 saturated heterocycles. The molecule has 1 nitrogen and oxygen atoms in total. The number of rotatable bonds is 5. The van der Waals surface area contributed by atoms with Crippen LogP contribution in [0.5, 0.6) is 0 Å². The fourth-order valence-corrected chi connectivity index (χ4v) is 12.5. The monoisotopic (exact) mass is 831 g/mol. The van der Waals surface area contributed by atoms with E-state index in [1.54, 1.807) is 0 Å². The predicted octanol–water partition coefficient (Wildman–Crippen LogP) is 14.8. The Morgan fingerprint density at radius 1 is 0.391 bits per heavy atom. The van der Waals surface area contributed by atoms with Gasteiger partial charge in [0, 0.05) is 25.9 Å². The van der Waals surface area contributed by atoms with Crippen LogP contribution in [0.1, 0.15) is 25.0 Å². The van der Waals surface area contributed by atoms with Crippen LogP contribution in [-0.4, -0.2) is 6.71 Å². The topological polar surface area (TPSA) is 3.24 Å². The van der Waals surface area contributed by atoms with Crippen molar-refractivity contribution in [1.82, 2.24) is 0 Å². The molecule has 0 bridgehead atoms. The zero-order valence-electron chi connectivity index (χ0n) is 35.7. The maximum atomic E-state index is 2.53. The summed E-state index contributed by atoms with van der Waals surface area (Å²) in [7, 11) is 0. The fourth-order valence-electron chi connectivity index (χ4n) is 11.3. The van der Waals surface area contributed by atoms with Crippen LogP contribution < -0.4 is 21.3 Å². The molecule has 0 radical (unpaired) electrons. The number of hydrogen-bond donors (Lipinski definition) is 0. The van der Waals surface area contributed by atoms with Crippen molar-refractivity contribution in [3.63, 3.8) is 0 Å². The fraction of sp³-hybridized carbons (Fsp3) is 0.0492. The lowest BCUT2D eigenvalue weighted by Crippen LogP contribution is -2.50. The molecule has 0 spiro atoms. The van der Waals surface area contributed by atoms with Crippen LogP contribution in [0.3, 0.4) is 0 Å². The van der Waals surface area contributed by atoms with Gasteiger partial charge in [-0.2, -0.15) is 0 Å². The van der Waals surface area contributed by atoms with Gasteiger partial charge in [-0.3, -0.25) is 0 Å².